The summed E-state index contributed by atoms with van der Waals surface area (Å²) in [7, 11) is 3.76. The van der Waals surface area contributed by atoms with Crippen molar-refractivity contribution in [2.75, 3.05) is 20.8 Å². The largest absolute Gasteiger partial charge is 0.492 e. The van der Waals surface area contributed by atoms with E-state index >= 15 is 0 Å². The third-order valence-electron chi connectivity index (χ3n) is 3.56. The number of methoxy groups -OCH3 is 1. The molecule has 0 radical (unpaired) electrons. The summed E-state index contributed by atoms with van der Waals surface area (Å²) in [5, 5.41) is 3.35. The van der Waals surface area contributed by atoms with Crippen LogP contribution in [0.15, 0.2) is 18.5 Å². The van der Waals surface area contributed by atoms with Gasteiger partial charge in [0.1, 0.15) is 5.75 Å². The zero-order chi connectivity index (χ0) is 13.7. The van der Waals surface area contributed by atoms with Gasteiger partial charge in [-0.15, -0.1) is 0 Å². The first-order valence-corrected chi connectivity index (χ1v) is 7.08. The molecule has 1 saturated carbocycles. The Morgan fingerprint density at radius 1 is 1.42 bits per heavy atom. The van der Waals surface area contributed by atoms with Crippen LogP contribution in [0.4, 0.5) is 0 Å². The van der Waals surface area contributed by atoms with E-state index in [9.17, 15) is 0 Å². The molecule has 1 fully saturated rings. The van der Waals surface area contributed by atoms with Crippen LogP contribution in [0.3, 0.4) is 0 Å². The standard InChI is InChI=1S/C15H24N2O2/c1-4-7-19-13-8-12(9-17-10-13)14(16-2)15(18-3)11-5-6-11/h8-11,14-16H,4-7H2,1-3H3. The molecule has 1 aromatic heterocycles. The van der Waals surface area contributed by atoms with Crippen molar-refractivity contribution < 1.29 is 9.47 Å². The maximum absolute atomic E-state index is 5.67. The van der Waals surface area contributed by atoms with Crippen LogP contribution >= 0.6 is 0 Å². The number of ether oxygens (including phenoxy) is 2. The van der Waals surface area contributed by atoms with Crippen molar-refractivity contribution >= 4 is 0 Å². The van der Waals surface area contributed by atoms with E-state index in [0.29, 0.717) is 5.92 Å². The highest BCUT2D eigenvalue weighted by atomic mass is 16.5. The Hall–Kier alpha value is -1.13. The lowest BCUT2D eigenvalue weighted by atomic mass is 9.99. The van der Waals surface area contributed by atoms with Gasteiger partial charge < -0.3 is 14.8 Å². The minimum atomic E-state index is 0.176. The van der Waals surface area contributed by atoms with E-state index in [2.05, 4.69) is 23.3 Å². The Bertz CT molecular complexity index is 393. The molecule has 2 unspecified atom stereocenters. The van der Waals surface area contributed by atoms with Crippen LogP contribution in [0, 0.1) is 5.92 Å². The number of nitrogens with one attached hydrogen (secondary N) is 1. The smallest absolute Gasteiger partial charge is 0.137 e. The van der Waals surface area contributed by atoms with Crippen molar-refractivity contribution in [1.82, 2.24) is 10.3 Å². The van der Waals surface area contributed by atoms with E-state index in [1.807, 2.05) is 13.2 Å². The van der Waals surface area contributed by atoms with E-state index in [0.717, 1.165) is 24.3 Å². The van der Waals surface area contributed by atoms with Crippen LogP contribution in [0.25, 0.3) is 0 Å². The van der Waals surface area contributed by atoms with Crippen LogP contribution in [-0.2, 0) is 4.74 Å². The summed E-state index contributed by atoms with van der Waals surface area (Å²) in [5.41, 5.74) is 1.13. The van der Waals surface area contributed by atoms with Crippen molar-refractivity contribution in [1.29, 1.82) is 0 Å². The molecule has 1 aliphatic carbocycles. The predicted molar refractivity (Wildman–Crippen MR) is 75.3 cm³/mol. The summed E-state index contributed by atoms with van der Waals surface area (Å²) in [6.45, 7) is 2.83. The van der Waals surface area contributed by atoms with Crippen molar-refractivity contribution in [2.45, 2.75) is 38.3 Å². The van der Waals surface area contributed by atoms with E-state index in [1.165, 1.54) is 12.8 Å². The number of rotatable bonds is 8. The molecule has 0 amide bonds. The van der Waals surface area contributed by atoms with Gasteiger partial charge in [0.15, 0.2) is 0 Å². The van der Waals surface area contributed by atoms with E-state index < -0.39 is 0 Å². The molecule has 19 heavy (non-hydrogen) atoms. The zero-order valence-electron chi connectivity index (χ0n) is 12.1. The second kappa shape index (κ2) is 6.87. The van der Waals surface area contributed by atoms with Crippen molar-refractivity contribution in [3.05, 3.63) is 24.0 Å². The van der Waals surface area contributed by atoms with Gasteiger partial charge >= 0.3 is 0 Å². The lowest BCUT2D eigenvalue weighted by molar-refractivity contribution is 0.0529. The first kappa shape index (κ1) is 14.3. The molecule has 2 atom stereocenters. The van der Waals surface area contributed by atoms with Gasteiger partial charge in [0, 0.05) is 13.3 Å². The fourth-order valence-corrected chi connectivity index (χ4v) is 2.45. The van der Waals surface area contributed by atoms with Gasteiger partial charge in [-0.2, -0.15) is 0 Å². The molecule has 4 nitrogen and oxygen atoms in total. The van der Waals surface area contributed by atoms with Gasteiger partial charge in [-0.25, -0.2) is 0 Å². The molecule has 1 N–H and O–H groups in total. The second-order valence-corrected chi connectivity index (χ2v) is 5.11. The number of nitrogens with zero attached hydrogens (tertiary/aromatic N) is 1. The van der Waals surface area contributed by atoms with E-state index in [4.69, 9.17) is 9.47 Å². The average molecular weight is 264 g/mol. The zero-order valence-corrected chi connectivity index (χ0v) is 12.1. The Labute approximate surface area is 115 Å². The molecule has 1 aliphatic rings. The number of pyridine rings is 1. The first-order valence-electron chi connectivity index (χ1n) is 7.08. The average Bonchev–Trinajstić information content (AvgIpc) is 3.27. The minimum Gasteiger partial charge on any atom is -0.492 e. The molecular weight excluding hydrogens is 240 g/mol. The van der Waals surface area contributed by atoms with Crippen molar-refractivity contribution in [2.24, 2.45) is 5.92 Å². The highest BCUT2D eigenvalue weighted by Crippen LogP contribution is 2.39. The summed E-state index contributed by atoms with van der Waals surface area (Å²) >= 11 is 0. The minimum absolute atomic E-state index is 0.176. The SMILES string of the molecule is CCCOc1cncc(C(NC)C(OC)C2CC2)c1. The van der Waals surface area contributed by atoms with Crippen molar-refractivity contribution in [3.8, 4) is 5.75 Å². The molecule has 0 bridgehead atoms. The van der Waals surface area contributed by atoms with Gasteiger partial charge in [0.25, 0.3) is 0 Å². The van der Waals surface area contributed by atoms with Gasteiger partial charge in [-0.1, -0.05) is 6.92 Å². The van der Waals surface area contributed by atoms with E-state index in [1.54, 1.807) is 13.3 Å². The van der Waals surface area contributed by atoms with Crippen LogP contribution < -0.4 is 10.1 Å². The fourth-order valence-electron chi connectivity index (χ4n) is 2.45. The van der Waals surface area contributed by atoms with Gasteiger partial charge in [-0.05, 0) is 43.9 Å². The summed E-state index contributed by atoms with van der Waals surface area (Å²) < 4.78 is 11.3. The second-order valence-electron chi connectivity index (χ2n) is 5.11. The monoisotopic (exact) mass is 264 g/mol. The highest BCUT2D eigenvalue weighted by molar-refractivity contribution is 5.27. The number of hydrogen-bond donors (Lipinski definition) is 1. The fraction of sp³-hybridized carbons (Fsp3) is 0.667. The number of likely N-dealkylation sites (N-methyl/N-ethyl adjacent to an activating group) is 1. The Morgan fingerprint density at radius 3 is 2.79 bits per heavy atom. The van der Waals surface area contributed by atoms with Crippen LogP contribution in [-0.4, -0.2) is 31.9 Å². The molecule has 2 rings (SSSR count). The van der Waals surface area contributed by atoms with E-state index in [-0.39, 0.29) is 12.1 Å². The summed E-state index contributed by atoms with van der Waals surface area (Å²) in [4.78, 5) is 4.28. The maximum atomic E-state index is 5.67. The summed E-state index contributed by atoms with van der Waals surface area (Å²) in [5.74, 6) is 1.51. The quantitative estimate of drug-likeness (QED) is 0.783. The highest BCUT2D eigenvalue weighted by Gasteiger charge is 2.37. The Balaban J connectivity index is 2.12. The third kappa shape index (κ3) is 3.67. The number of aromatic nitrogens is 1. The molecular formula is C15H24N2O2. The molecule has 1 aromatic rings. The third-order valence-corrected chi connectivity index (χ3v) is 3.56. The molecule has 0 aliphatic heterocycles. The Morgan fingerprint density at radius 2 is 2.21 bits per heavy atom. The van der Waals surface area contributed by atoms with Crippen LogP contribution in [0.1, 0.15) is 37.8 Å². The Kier molecular flexibility index (Phi) is 5.16. The molecule has 1 heterocycles. The molecule has 0 aromatic carbocycles. The topological polar surface area (TPSA) is 43.4 Å². The molecule has 0 spiro atoms. The number of hydrogen-bond acceptors (Lipinski definition) is 4. The van der Waals surface area contributed by atoms with Gasteiger partial charge in [0.05, 0.1) is 24.9 Å². The van der Waals surface area contributed by atoms with Crippen LogP contribution in [0.2, 0.25) is 0 Å². The lowest BCUT2D eigenvalue weighted by Gasteiger charge is -2.26. The van der Waals surface area contributed by atoms with Gasteiger partial charge in [-0.3, -0.25) is 4.98 Å². The lowest BCUT2D eigenvalue weighted by Crippen LogP contribution is -2.32. The molecule has 4 heteroatoms. The first-order chi connectivity index (χ1) is 9.30. The summed E-state index contributed by atoms with van der Waals surface area (Å²) in [6.07, 6.45) is 7.40. The van der Waals surface area contributed by atoms with Gasteiger partial charge in [0.2, 0.25) is 0 Å². The van der Waals surface area contributed by atoms with Crippen molar-refractivity contribution in [3.63, 3.8) is 0 Å². The molecule has 0 saturated heterocycles. The van der Waals surface area contributed by atoms with Crippen LogP contribution in [0.5, 0.6) is 5.75 Å². The predicted octanol–water partition coefficient (Wildman–Crippen LogP) is 2.56. The maximum Gasteiger partial charge on any atom is 0.137 e. The summed E-state index contributed by atoms with van der Waals surface area (Å²) in [6, 6.07) is 2.24. The molecule has 106 valence electrons. The normalized spacial score (nSPS) is 18.1.